The number of amides is 1. The first-order chi connectivity index (χ1) is 11.9. The lowest BCUT2D eigenvalue weighted by molar-refractivity contribution is -0.117. The van der Waals surface area contributed by atoms with Gasteiger partial charge >= 0.3 is 0 Å². The molecule has 25 heavy (non-hydrogen) atoms. The standard InChI is InChI=1S/C18H20N4O2S/c1-11-5-4-6-12(2)16(11)21-15(23)10-22(3)9-14-19-13-7-8-25-17(13)18(24)20-14/h4-8H,9-10H2,1-3H3,(H,21,23)(H,19,20,24). The summed E-state index contributed by atoms with van der Waals surface area (Å²) >= 11 is 1.37. The normalized spacial score (nSPS) is 11.2. The van der Waals surface area contributed by atoms with E-state index in [0.717, 1.165) is 16.8 Å². The highest BCUT2D eigenvalue weighted by atomic mass is 32.1. The van der Waals surface area contributed by atoms with E-state index in [-0.39, 0.29) is 18.0 Å². The molecule has 130 valence electrons. The second-order valence-electron chi connectivity index (χ2n) is 6.13. The average molecular weight is 356 g/mol. The van der Waals surface area contributed by atoms with Gasteiger partial charge in [-0.1, -0.05) is 18.2 Å². The molecule has 0 saturated heterocycles. The van der Waals surface area contributed by atoms with Gasteiger partial charge in [0.15, 0.2) is 0 Å². The molecule has 0 aliphatic carbocycles. The first kappa shape index (κ1) is 17.3. The molecule has 0 aliphatic heterocycles. The van der Waals surface area contributed by atoms with Gasteiger partial charge in [0.25, 0.3) is 5.56 Å². The molecule has 7 heteroatoms. The van der Waals surface area contributed by atoms with Crippen LogP contribution in [0.5, 0.6) is 0 Å². The van der Waals surface area contributed by atoms with E-state index in [2.05, 4.69) is 15.3 Å². The van der Waals surface area contributed by atoms with Crippen molar-refractivity contribution in [2.24, 2.45) is 0 Å². The molecule has 0 bridgehead atoms. The maximum absolute atomic E-state index is 12.3. The number of likely N-dealkylation sites (N-methyl/N-ethyl adjacent to an activating group) is 1. The molecular formula is C18H20N4O2S. The Morgan fingerprint density at radius 2 is 2.00 bits per heavy atom. The minimum Gasteiger partial charge on any atom is -0.324 e. The Morgan fingerprint density at radius 1 is 1.28 bits per heavy atom. The van der Waals surface area contributed by atoms with Gasteiger partial charge < -0.3 is 10.3 Å². The molecule has 0 atom stereocenters. The summed E-state index contributed by atoms with van der Waals surface area (Å²) in [6, 6.07) is 7.73. The van der Waals surface area contributed by atoms with Gasteiger partial charge in [-0.15, -0.1) is 11.3 Å². The van der Waals surface area contributed by atoms with Crippen molar-refractivity contribution in [2.75, 3.05) is 18.9 Å². The summed E-state index contributed by atoms with van der Waals surface area (Å²) in [6.07, 6.45) is 0. The predicted octanol–water partition coefficient (Wildman–Crippen LogP) is 2.67. The fourth-order valence-electron chi connectivity index (χ4n) is 2.74. The molecule has 0 spiro atoms. The van der Waals surface area contributed by atoms with E-state index in [0.29, 0.717) is 22.6 Å². The maximum atomic E-state index is 12.3. The fourth-order valence-corrected chi connectivity index (χ4v) is 3.47. The molecule has 0 fully saturated rings. The Labute approximate surface area is 149 Å². The zero-order valence-corrected chi connectivity index (χ0v) is 15.2. The van der Waals surface area contributed by atoms with Gasteiger partial charge in [0.05, 0.1) is 18.6 Å². The molecule has 1 aromatic carbocycles. The Hall–Kier alpha value is -2.51. The number of hydrogen-bond donors (Lipinski definition) is 2. The number of aryl methyl sites for hydroxylation is 2. The number of aromatic amines is 1. The Balaban J connectivity index is 1.66. The van der Waals surface area contributed by atoms with Crippen LogP contribution >= 0.6 is 11.3 Å². The zero-order chi connectivity index (χ0) is 18.0. The molecule has 0 unspecified atom stereocenters. The highest BCUT2D eigenvalue weighted by Gasteiger charge is 2.12. The van der Waals surface area contributed by atoms with Crippen molar-refractivity contribution in [3.05, 3.63) is 57.0 Å². The summed E-state index contributed by atoms with van der Waals surface area (Å²) < 4.78 is 0.624. The monoisotopic (exact) mass is 356 g/mol. The number of para-hydroxylation sites is 1. The predicted molar refractivity (Wildman–Crippen MR) is 101 cm³/mol. The van der Waals surface area contributed by atoms with Crippen molar-refractivity contribution in [3.63, 3.8) is 0 Å². The number of thiophene rings is 1. The van der Waals surface area contributed by atoms with Crippen LogP contribution in [0, 0.1) is 13.8 Å². The smallest absolute Gasteiger partial charge is 0.268 e. The van der Waals surface area contributed by atoms with Gasteiger partial charge in [-0.3, -0.25) is 14.5 Å². The van der Waals surface area contributed by atoms with Crippen LogP contribution in [0.15, 0.2) is 34.4 Å². The van der Waals surface area contributed by atoms with Gasteiger partial charge in [0, 0.05) is 5.69 Å². The van der Waals surface area contributed by atoms with Crippen molar-refractivity contribution in [2.45, 2.75) is 20.4 Å². The van der Waals surface area contributed by atoms with Crippen molar-refractivity contribution in [3.8, 4) is 0 Å². The minimum atomic E-state index is -0.136. The number of nitrogens with one attached hydrogen (secondary N) is 2. The second-order valence-corrected chi connectivity index (χ2v) is 7.05. The van der Waals surface area contributed by atoms with Crippen molar-refractivity contribution < 1.29 is 4.79 Å². The topological polar surface area (TPSA) is 78.1 Å². The van der Waals surface area contributed by atoms with E-state index in [1.165, 1.54) is 11.3 Å². The molecule has 0 aliphatic rings. The third-order valence-electron chi connectivity index (χ3n) is 3.94. The summed E-state index contributed by atoms with van der Waals surface area (Å²) in [5.41, 5.74) is 3.47. The number of H-pyrrole nitrogens is 1. The van der Waals surface area contributed by atoms with Crippen LogP contribution in [0.4, 0.5) is 5.69 Å². The van der Waals surface area contributed by atoms with Crippen LogP contribution in [0.25, 0.3) is 10.2 Å². The molecule has 2 heterocycles. The number of carbonyl (C=O) groups is 1. The van der Waals surface area contributed by atoms with E-state index in [9.17, 15) is 9.59 Å². The first-order valence-corrected chi connectivity index (χ1v) is 8.83. The molecule has 2 aromatic heterocycles. The van der Waals surface area contributed by atoms with Crippen LogP contribution < -0.4 is 10.9 Å². The van der Waals surface area contributed by atoms with E-state index >= 15 is 0 Å². The fraction of sp³-hybridized carbons (Fsp3) is 0.278. The van der Waals surface area contributed by atoms with Gasteiger partial charge in [-0.2, -0.15) is 0 Å². The number of anilines is 1. The summed E-state index contributed by atoms with van der Waals surface area (Å²) in [6.45, 7) is 4.54. The van der Waals surface area contributed by atoms with Crippen LogP contribution in [0.3, 0.4) is 0 Å². The van der Waals surface area contributed by atoms with Gasteiger partial charge in [-0.05, 0) is 43.5 Å². The van der Waals surface area contributed by atoms with Crippen LogP contribution in [0.2, 0.25) is 0 Å². The Kier molecular flexibility index (Phi) is 4.96. The number of carbonyl (C=O) groups excluding carboxylic acids is 1. The lowest BCUT2D eigenvalue weighted by Crippen LogP contribution is -2.31. The lowest BCUT2D eigenvalue weighted by Gasteiger charge is -2.17. The SMILES string of the molecule is Cc1cccc(C)c1NC(=O)CN(C)Cc1nc2ccsc2c(=O)[nH]1. The molecule has 2 N–H and O–H groups in total. The Morgan fingerprint density at radius 3 is 2.72 bits per heavy atom. The molecular weight excluding hydrogens is 336 g/mol. The lowest BCUT2D eigenvalue weighted by atomic mass is 10.1. The number of rotatable bonds is 5. The third-order valence-corrected chi connectivity index (χ3v) is 4.85. The van der Waals surface area contributed by atoms with Crippen molar-refractivity contribution in [1.82, 2.24) is 14.9 Å². The second kappa shape index (κ2) is 7.16. The van der Waals surface area contributed by atoms with E-state index in [1.54, 1.807) is 0 Å². The Bertz CT molecular complexity index is 956. The minimum absolute atomic E-state index is 0.0983. The largest absolute Gasteiger partial charge is 0.324 e. The molecule has 3 rings (SSSR count). The highest BCUT2D eigenvalue weighted by Crippen LogP contribution is 2.19. The van der Waals surface area contributed by atoms with E-state index < -0.39 is 0 Å². The maximum Gasteiger partial charge on any atom is 0.268 e. The van der Waals surface area contributed by atoms with Crippen LogP contribution in [-0.2, 0) is 11.3 Å². The summed E-state index contributed by atoms with van der Waals surface area (Å²) in [7, 11) is 1.82. The average Bonchev–Trinajstić information content (AvgIpc) is 3.00. The van der Waals surface area contributed by atoms with Crippen LogP contribution in [-0.4, -0.2) is 34.4 Å². The van der Waals surface area contributed by atoms with E-state index in [4.69, 9.17) is 0 Å². The number of benzene rings is 1. The molecule has 6 nitrogen and oxygen atoms in total. The molecule has 0 radical (unpaired) electrons. The molecule has 3 aromatic rings. The zero-order valence-electron chi connectivity index (χ0n) is 14.4. The van der Waals surface area contributed by atoms with Gasteiger partial charge in [0.1, 0.15) is 10.5 Å². The van der Waals surface area contributed by atoms with Crippen molar-refractivity contribution >= 4 is 33.1 Å². The third kappa shape index (κ3) is 3.94. The number of nitrogens with zero attached hydrogens (tertiary/aromatic N) is 2. The quantitative estimate of drug-likeness (QED) is 0.737. The summed E-state index contributed by atoms with van der Waals surface area (Å²) in [4.78, 5) is 33.3. The summed E-state index contributed by atoms with van der Waals surface area (Å²) in [5.74, 6) is 0.456. The van der Waals surface area contributed by atoms with Gasteiger partial charge in [-0.25, -0.2) is 4.98 Å². The molecule has 1 amide bonds. The first-order valence-electron chi connectivity index (χ1n) is 7.95. The number of fused-ring (bicyclic) bond motifs is 1. The van der Waals surface area contributed by atoms with Gasteiger partial charge in [0.2, 0.25) is 5.91 Å². The number of hydrogen-bond acceptors (Lipinski definition) is 5. The molecule has 0 saturated carbocycles. The van der Waals surface area contributed by atoms with E-state index in [1.807, 2.05) is 55.4 Å². The van der Waals surface area contributed by atoms with Crippen LogP contribution in [0.1, 0.15) is 17.0 Å². The summed E-state index contributed by atoms with van der Waals surface area (Å²) in [5, 5.41) is 4.81. The number of aromatic nitrogens is 2. The van der Waals surface area contributed by atoms with Crippen molar-refractivity contribution in [1.29, 1.82) is 0 Å². The highest BCUT2D eigenvalue weighted by molar-refractivity contribution is 7.17.